The molecule has 2 heterocycles. The highest BCUT2D eigenvalue weighted by molar-refractivity contribution is 5.99. The maximum absolute atomic E-state index is 12.7. The van der Waals surface area contributed by atoms with E-state index in [1.54, 1.807) is 0 Å². The van der Waals surface area contributed by atoms with Crippen LogP contribution >= 0.6 is 0 Å². The molecule has 7 nitrogen and oxygen atoms in total. The number of fused-ring (bicyclic) bond motifs is 1. The Morgan fingerprint density at radius 2 is 1.94 bits per heavy atom. The minimum Gasteiger partial charge on any atom is -0.490 e. The van der Waals surface area contributed by atoms with Crippen LogP contribution in [0.25, 0.3) is 6.08 Å². The molecule has 7 heteroatoms. The first-order valence-electron chi connectivity index (χ1n) is 10.7. The predicted molar refractivity (Wildman–Crippen MR) is 119 cm³/mol. The Morgan fingerprint density at radius 3 is 2.74 bits per heavy atom. The largest absolute Gasteiger partial charge is 0.490 e. The summed E-state index contributed by atoms with van der Waals surface area (Å²) in [5, 5.41) is 5.87. The quantitative estimate of drug-likeness (QED) is 0.744. The number of rotatable bonds is 6. The summed E-state index contributed by atoms with van der Waals surface area (Å²) in [5.74, 6) is 1.17. The zero-order chi connectivity index (χ0) is 21.6. The summed E-state index contributed by atoms with van der Waals surface area (Å²) in [6.07, 6.45) is 3.94. The van der Waals surface area contributed by atoms with Crippen molar-refractivity contribution in [2.75, 3.05) is 31.6 Å². The summed E-state index contributed by atoms with van der Waals surface area (Å²) in [6.45, 7) is 4.62. The van der Waals surface area contributed by atoms with E-state index in [9.17, 15) is 9.59 Å². The van der Waals surface area contributed by atoms with Gasteiger partial charge in [-0.2, -0.15) is 0 Å². The number of ether oxygens (including phenoxy) is 2. The van der Waals surface area contributed by atoms with Crippen molar-refractivity contribution in [2.45, 2.75) is 26.3 Å². The lowest BCUT2D eigenvalue weighted by molar-refractivity contribution is -0.117. The summed E-state index contributed by atoms with van der Waals surface area (Å²) in [7, 11) is 0. The van der Waals surface area contributed by atoms with E-state index in [0.717, 1.165) is 42.7 Å². The lowest BCUT2D eigenvalue weighted by Gasteiger charge is -2.20. The summed E-state index contributed by atoms with van der Waals surface area (Å²) in [5.41, 5.74) is 3.01. The molecule has 2 aromatic carbocycles. The van der Waals surface area contributed by atoms with Gasteiger partial charge in [0, 0.05) is 30.9 Å². The van der Waals surface area contributed by atoms with Gasteiger partial charge in [0.05, 0.1) is 12.2 Å². The summed E-state index contributed by atoms with van der Waals surface area (Å²) >= 11 is 0. The molecule has 0 aliphatic carbocycles. The first kappa shape index (κ1) is 20.8. The number of anilines is 1. The standard InChI is InChI=1S/C24H27N3O4/c1-2-30-21-10-6-8-18-14-19(16-31-22(18)21)23(28)25-15-17-7-5-9-20(13-17)26-24(29)27-11-3-4-12-27/h5-10,13-14H,2-4,11-12,15-16H2,1H3,(H,25,28)(H,26,29). The number of benzene rings is 2. The van der Waals surface area contributed by atoms with Gasteiger partial charge >= 0.3 is 6.03 Å². The number of amides is 3. The van der Waals surface area contributed by atoms with Gasteiger partial charge in [0.15, 0.2) is 11.5 Å². The second-order valence-corrected chi connectivity index (χ2v) is 7.57. The lowest BCUT2D eigenvalue weighted by atomic mass is 10.1. The first-order valence-corrected chi connectivity index (χ1v) is 10.7. The van der Waals surface area contributed by atoms with Crippen LogP contribution < -0.4 is 20.1 Å². The van der Waals surface area contributed by atoms with E-state index in [1.807, 2.05) is 60.4 Å². The van der Waals surface area contributed by atoms with Gasteiger partial charge < -0.3 is 25.0 Å². The van der Waals surface area contributed by atoms with Gasteiger partial charge in [-0.1, -0.05) is 24.3 Å². The van der Waals surface area contributed by atoms with E-state index in [2.05, 4.69) is 10.6 Å². The van der Waals surface area contributed by atoms with Crippen LogP contribution in [0.15, 0.2) is 48.0 Å². The average Bonchev–Trinajstić information content (AvgIpc) is 3.33. The molecule has 0 radical (unpaired) electrons. The van der Waals surface area contributed by atoms with Crippen LogP contribution in [0.5, 0.6) is 11.5 Å². The molecule has 3 amide bonds. The molecule has 31 heavy (non-hydrogen) atoms. The molecular formula is C24H27N3O4. The number of urea groups is 1. The summed E-state index contributed by atoms with van der Waals surface area (Å²) < 4.78 is 11.4. The lowest BCUT2D eigenvalue weighted by Crippen LogP contribution is -2.32. The molecule has 2 aliphatic rings. The number of hydrogen-bond acceptors (Lipinski definition) is 4. The molecule has 162 valence electrons. The molecule has 0 saturated carbocycles. The van der Waals surface area contributed by atoms with E-state index in [0.29, 0.717) is 30.2 Å². The number of nitrogens with one attached hydrogen (secondary N) is 2. The number of carbonyl (C=O) groups is 2. The van der Waals surface area contributed by atoms with E-state index in [-0.39, 0.29) is 18.5 Å². The highest BCUT2D eigenvalue weighted by Gasteiger charge is 2.20. The Bertz CT molecular complexity index is 996. The fourth-order valence-electron chi connectivity index (χ4n) is 3.76. The van der Waals surface area contributed by atoms with Crippen LogP contribution in [-0.4, -0.2) is 43.1 Å². The van der Waals surface area contributed by atoms with E-state index in [4.69, 9.17) is 9.47 Å². The Balaban J connectivity index is 1.37. The fraction of sp³-hybridized carbons (Fsp3) is 0.333. The second-order valence-electron chi connectivity index (χ2n) is 7.57. The highest BCUT2D eigenvalue weighted by Crippen LogP contribution is 2.35. The zero-order valence-corrected chi connectivity index (χ0v) is 17.6. The van der Waals surface area contributed by atoms with Gasteiger partial charge in [0.2, 0.25) is 0 Å². The topological polar surface area (TPSA) is 79.9 Å². The second kappa shape index (κ2) is 9.55. The maximum Gasteiger partial charge on any atom is 0.321 e. The normalized spacial score (nSPS) is 14.9. The predicted octanol–water partition coefficient (Wildman–Crippen LogP) is 3.81. The first-order chi connectivity index (χ1) is 15.1. The SMILES string of the molecule is CCOc1cccc2c1OCC(C(=O)NCc1cccc(NC(=O)N3CCCC3)c1)=C2. The van der Waals surface area contributed by atoms with Gasteiger partial charge in [0.25, 0.3) is 5.91 Å². The summed E-state index contributed by atoms with van der Waals surface area (Å²) in [6, 6.07) is 13.1. The molecule has 0 unspecified atom stereocenters. The van der Waals surface area contributed by atoms with Crippen molar-refractivity contribution < 1.29 is 19.1 Å². The van der Waals surface area contributed by atoms with Crippen LogP contribution in [0.4, 0.5) is 10.5 Å². The van der Waals surface area contributed by atoms with Crippen molar-refractivity contribution in [3.8, 4) is 11.5 Å². The minimum absolute atomic E-state index is 0.0757. The fourth-order valence-corrected chi connectivity index (χ4v) is 3.76. The van der Waals surface area contributed by atoms with E-state index < -0.39 is 0 Å². The number of hydrogen-bond donors (Lipinski definition) is 2. The van der Waals surface area contributed by atoms with Crippen molar-refractivity contribution in [3.63, 3.8) is 0 Å². The molecule has 1 fully saturated rings. The van der Waals surface area contributed by atoms with Gasteiger partial charge in [-0.25, -0.2) is 4.79 Å². The van der Waals surface area contributed by atoms with Crippen molar-refractivity contribution >= 4 is 23.7 Å². The van der Waals surface area contributed by atoms with Crippen molar-refractivity contribution in [1.82, 2.24) is 10.2 Å². The molecular weight excluding hydrogens is 394 g/mol. The molecule has 1 saturated heterocycles. The average molecular weight is 421 g/mol. The van der Waals surface area contributed by atoms with Crippen LogP contribution in [0.1, 0.15) is 30.9 Å². The third-order valence-electron chi connectivity index (χ3n) is 5.33. The molecule has 4 rings (SSSR count). The molecule has 0 bridgehead atoms. The molecule has 0 aromatic heterocycles. The molecule has 0 spiro atoms. The third kappa shape index (κ3) is 4.99. The monoisotopic (exact) mass is 421 g/mol. The molecule has 0 atom stereocenters. The van der Waals surface area contributed by atoms with Crippen molar-refractivity contribution in [3.05, 3.63) is 59.2 Å². The Hall–Kier alpha value is -3.48. The maximum atomic E-state index is 12.7. The van der Waals surface area contributed by atoms with E-state index >= 15 is 0 Å². The van der Waals surface area contributed by atoms with Crippen LogP contribution in [0.2, 0.25) is 0 Å². The highest BCUT2D eigenvalue weighted by atomic mass is 16.5. The van der Waals surface area contributed by atoms with Gasteiger partial charge in [-0.05, 0) is 49.6 Å². The van der Waals surface area contributed by atoms with Crippen LogP contribution in [0.3, 0.4) is 0 Å². The van der Waals surface area contributed by atoms with Crippen LogP contribution in [0, 0.1) is 0 Å². The van der Waals surface area contributed by atoms with Crippen molar-refractivity contribution in [2.24, 2.45) is 0 Å². The Kier molecular flexibility index (Phi) is 6.40. The number of carbonyl (C=O) groups excluding carboxylic acids is 2. The number of para-hydroxylation sites is 1. The molecule has 2 aromatic rings. The minimum atomic E-state index is -0.182. The molecule has 2 N–H and O–H groups in total. The van der Waals surface area contributed by atoms with Gasteiger partial charge in [0.1, 0.15) is 6.61 Å². The Morgan fingerprint density at radius 1 is 1.13 bits per heavy atom. The van der Waals surface area contributed by atoms with E-state index in [1.165, 1.54) is 0 Å². The van der Waals surface area contributed by atoms with Gasteiger partial charge in [-0.3, -0.25) is 4.79 Å². The Labute approximate surface area is 182 Å². The summed E-state index contributed by atoms with van der Waals surface area (Å²) in [4.78, 5) is 26.8. The number of nitrogens with zero attached hydrogens (tertiary/aromatic N) is 1. The van der Waals surface area contributed by atoms with Crippen molar-refractivity contribution in [1.29, 1.82) is 0 Å². The van der Waals surface area contributed by atoms with Gasteiger partial charge in [-0.15, -0.1) is 0 Å². The molecule has 2 aliphatic heterocycles. The third-order valence-corrected chi connectivity index (χ3v) is 5.33. The zero-order valence-electron chi connectivity index (χ0n) is 17.6. The number of likely N-dealkylation sites (tertiary alicyclic amines) is 1. The smallest absolute Gasteiger partial charge is 0.321 e. The van der Waals surface area contributed by atoms with Crippen LogP contribution in [-0.2, 0) is 11.3 Å².